The van der Waals surface area contributed by atoms with Crippen LogP contribution >= 0.6 is 0 Å². The van der Waals surface area contributed by atoms with Gasteiger partial charge in [0.05, 0.1) is 0 Å². The SMILES string of the molecule is CCCCCc1ccc(C#Cc2ccc(OC(=O)CC)cc2)cc1. The second-order valence-corrected chi connectivity index (χ2v) is 5.76. The Morgan fingerprint density at radius 2 is 1.46 bits per heavy atom. The van der Waals surface area contributed by atoms with E-state index in [4.69, 9.17) is 4.74 Å². The summed E-state index contributed by atoms with van der Waals surface area (Å²) in [5, 5.41) is 0. The van der Waals surface area contributed by atoms with Gasteiger partial charge in [0.2, 0.25) is 0 Å². The summed E-state index contributed by atoms with van der Waals surface area (Å²) in [6, 6.07) is 15.7. The maximum absolute atomic E-state index is 11.2. The van der Waals surface area contributed by atoms with E-state index < -0.39 is 0 Å². The Bertz CT molecular complexity index is 700. The van der Waals surface area contributed by atoms with Crippen molar-refractivity contribution in [2.24, 2.45) is 0 Å². The number of unbranched alkanes of at least 4 members (excludes halogenated alkanes) is 2. The first-order valence-electron chi connectivity index (χ1n) is 8.63. The lowest BCUT2D eigenvalue weighted by molar-refractivity contribution is -0.134. The molecule has 0 aliphatic heterocycles. The van der Waals surface area contributed by atoms with Crippen LogP contribution in [0.4, 0.5) is 0 Å². The normalized spacial score (nSPS) is 9.92. The molecule has 0 aliphatic carbocycles. The Morgan fingerprint density at radius 3 is 2.00 bits per heavy atom. The lowest BCUT2D eigenvalue weighted by Crippen LogP contribution is -2.05. The van der Waals surface area contributed by atoms with Crippen LogP contribution in [0.3, 0.4) is 0 Å². The van der Waals surface area contributed by atoms with Gasteiger partial charge in [-0.05, 0) is 54.8 Å². The molecule has 0 radical (unpaired) electrons. The lowest BCUT2D eigenvalue weighted by atomic mass is 10.1. The first-order valence-corrected chi connectivity index (χ1v) is 8.63. The molecule has 2 nitrogen and oxygen atoms in total. The van der Waals surface area contributed by atoms with Gasteiger partial charge in [0.1, 0.15) is 5.75 Å². The van der Waals surface area contributed by atoms with E-state index in [1.807, 2.05) is 12.1 Å². The van der Waals surface area contributed by atoms with E-state index in [9.17, 15) is 4.79 Å². The molecule has 0 aliphatic rings. The standard InChI is InChI=1S/C22H24O2/c1-3-5-6-7-18-8-10-19(11-9-18)12-13-20-14-16-21(17-15-20)24-22(23)4-2/h8-11,14-17H,3-7H2,1-2H3. The molecule has 0 heterocycles. The molecular weight excluding hydrogens is 296 g/mol. The van der Waals surface area contributed by atoms with Crippen molar-refractivity contribution in [3.8, 4) is 17.6 Å². The highest BCUT2D eigenvalue weighted by molar-refractivity contribution is 5.71. The number of ether oxygens (including phenoxy) is 1. The summed E-state index contributed by atoms with van der Waals surface area (Å²) in [4.78, 5) is 11.2. The van der Waals surface area contributed by atoms with Gasteiger partial charge in [-0.2, -0.15) is 0 Å². The van der Waals surface area contributed by atoms with E-state index >= 15 is 0 Å². The highest BCUT2D eigenvalue weighted by Crippen LogP contribution is 2.13. The van der Waals surface area contributed by atoms with Crippen molar-refractivity contribution in [3.05, 3.63) is 65.2 Å². The van der Waals surface area contributed by atoms with Gasteiger partial charge >= 0.3 is 5.97 Å². The highest BCUT2D eigenvalue weighted by atomic mass is 16.5. The number of carbonyl (C=O) groups is 1. The summed E-state index contributed by atoms with van der Waals surface area (Å²) in [5.41, 5.74) is 3.28. The average Bonchev–Trinajstić information content (AvgIpc) is 2.62. The topological polar surface area (TPSA) is 26.3 Å². The van der Waals surface area contributed by atoms with E-state index in [0.717, 1.165) is 17.5 Å². The Balaban J connectivity index is 1.95. The van der Waals surface area contributed by atoms with Gasteiger partial charge in [0, 0.05) is 17.5 Å². The van der Waals surface area contributed by atoms with Crippen molar-refractivity contribution < 1.29 is 9.53 Å². The minimum Gasteiger partial charge on any atom is -0.427 e. The number of hydrogen-bond donors (Lipinski definition) is 0. The van der Waals surface area contributed by atoms with Gasteiger partial charge < -0.3 is 4.74 Å². The number of carbonyl (C=O) groups excluding carboxylic acids is 1. The molecule has 2 rings (SSSR count). The van der Waals surface area contributed by atoms with Gasteiger partial charge in [-0.1, -0.05) is 50.7 Å². The van der Waals surface area contributed by atoms with Crippen molar-refractivity contribution in [3.63, 3.8) is 0 Å². The largest absolute Gasteiger partial charge is 0.427 e. The molecule has 124 valence electrons. The molecule has 2 heteroatoms. The third kappa shape index (κ3) is 5.93. The smallest absolute Gasteiger partial charge is 0.310 e. The van der Waals surface area contributed by atoms with Crippen LogP contribution in [-0.4, -0.2) is 5.97 Å². The fraction of sp³-hybridized carbons (Fsp3) is 0.318. The summed E-state index contributed by atoms with van der Waals surface area (Å²) in [5.74, 6) is 6.64. The number of rotatable bonds is 6. The minimum atomic E-state index is -0.229. The van der Waals surface area contributed by atoms with Crippen LogP contribution in [-0.2, 0) is 11.2 Å². The van der Waals surface area contributed by atoms with E-state index in [0.29, 0.717) is 12.2 Å². The second kappa shape index (κ2) is 9.57. The summed E-state index contributed by atoms with van der Waals surface area (Å²) >= 11 is 0. The monoisotopic (exact) mass is 320 g/mol. The fourth-order valence-corrected chi connectivity index (χ4v) is 2.29. The maximum atomic E-state index is 11.2. The Hall–Kier alpha value is -2.53. The molecule has 0 fully saturated rings. The summed E-state index contributed by atoms with van der Waals surface area (Å²) in [6.45, 7) is 4.00. The molecule has 2 aromatic rings. The molecule has 0 atom stereocenters. The summed E-state index contributed by atoms with van der Waals surface area (Å²) in [6.07, 6.45) is 5.29. The Labute approximate surface area is 144 Å². The number of hydrogen-bond acceptors (Lipinski definition) is 2. The van der Waals surface area contributed by atoms with Crippen molar-refractivity contribution in [2.45, 2.75) is 46.0 Å². The molecule has 0 spiro atoms. The quantitative estimate of drug-likeness (QED) is 0.319. The molecule has 0 bridgehead atoms. The number of aryl methyl sites for hydroxylation is 1. The molecule has 0 saturated carbocycles. The predicted octanol–water partition coefficient (Wildman–Crippen LogP) is 5.13. The molecule has 0 amide bonds. The molecule has 2 aromatic carbocycles. The van der Waals surface area contributed by atoms with Crippen molar-refractivity contribution in [1.29, 1.82) is 0 Å². The average molecular weight is 320 g/mol. The van der Waals surface area contributed by atoms with Gasteiger partial charge in [-0.3, -0.25) is 4.79 Å². The van der Waals surface area contributed by atoms with Gasteiger partial charge in [0.15, 0.2) is 0 Å². The molecule has 24 heavy (non-hydrogen) atoms. The van der Waals surface area contributed by atoms with Gasteiger partial charge in [0.25, 0.3) is 0 Å². The number of benzene rings is 2. The van der Waals surface area contributed by atoms with Gasteiger partial charge in [-0.25, -0.2) is 0 Å². The maximum Gasteiger partial charge on any atom is 0.310 e. The zero-order valence-electron chi connectivity index (χ0n) is 14.5. The molecule has 0 saturated heterocycles. The predicted molar refractivity (Wildman–Crippen MR) is 98.0 cm³/mol. The molecule has 0 N–H and O–H groups in total. The molecule has 0 unspecified atom stereocenters. The summed E-state index contributed by atoms with van der Waals surface area (Å²) in [7, 11) is 0. The van der Waals surface area contributed by atoms with Crippen molar-refractivity contribution >= 4 is 5.97 Å². The third-order valence-corrected chi connectivity index (χ3v) is 3.75. The molecular formula is C22H24O2. The zero-order chi connectivity index (χ0) is 17.2. The van der Waals surface area contributed by atoms with Crippen LogP contribution in [0.2, 0.25) is 0 Å². The van der Waals surface area contributed by atoms with E-state index in [2.05, 4.69) is 43.0 Å². The minimum absolute atomic E-state index is 0.229. The van der Waals surface area contributed by atoms with Crippen molar-refractivity contribution in [2.75, 3.05) is 0 Å². The Kier molecular flexibility index (Phi) is 7.11. The van der Waals surface area contributed by atoms with Gasteiger partial charge in [-0.15, -0.1) is 0 Å². The van der Waals surface area contributed by atoms with Crippen LogP contribution in [0.5, 0.6) is 5.75 Å². The third-order valence-electron chi connectivity index (χ3n) is 3.75. The van der Waals surface area contributed by atoms with Crippen LogP contribution < -0.4 is 4.74 Å². The van der Waals surface area contributed by atoms with Crippen LogP contribution in [0, 0.1) is 11.8 Å². The van der Waals surface area contributed by atoms with Crippen LogP contribution in [0.15, 0.2) is 48.5 Å². The second-order valence-electron chi connectivity index (χ2n) is 5.76. The molecule has 0 aromatic heterocycles. The Morgan fingerprint density at radius 1 is 0.875 bits per heavy atom. The first-order chi connectivity index (χ1) is 11.7. The highest BCUT2D eigenvalue weighted by Gasteiger charge is 2.00. The van der Waals surface area contributed by atoms with Crippen LogP contribution in [0.1, 0.15) is 56.2 Å². The lowest BCUT2D eigenvalue weighted by Gasteiger charge is -2.02. The fourth-order valence-electron chi connectivity index (χ4n) is 2.29. The zero-order valence-corrected chi connectivity index (χ0v) is 14.5. The van der Waals surface area contributed by atoms with E-state index in [-0.39, 0.29) is 5.97 Å². The van der Waals surface area contributed by atoms with E-state index in [1.54, 1.807) is 19.1 Å². The van der Waals surface area contributed by atoms with Crippen molar-refractivity contribution in [1.82, 2.24) is 0 Å². The van der Waals surface area contributed by atoms with Crippen LogP contribution in [0.25, 0.3) is 0 Å². The first kappa shape index (κ1) is 17.8. The number of esters is 1. The summed E-state index contributed by atoms with van der Waals surface area (Å²) < 4.78 is 5.15. The van der Waals surface area contributed by atoms with E-state index in [1.165, 1.54) is 24.8 Å².